The second kappa shape index (κ2) is 7.84. The topological polar surface area (TPSA) is 50.4 Å². The number of hydrogen-bond donors (Lipinski definition) is 2. The van der Waals surface area contributed by atoms with Crippen molar-refractivity contribution in [3.8, 4) is 5.75 Å². The number of nitrogens with one attached hydrogen (secondary N) is 2. The van der Waals surface area contributed by atoms with Crippen LogP contribution in [0.4, 0.5) is 0 Å². The molecule has 2 N–H and O–H groups in total. The first-order valence-electron chi connectivity index (χ1n) is 7.61. The lowest BCUT2D eigenvalue weighted by Gasteiger charge is -2.14. The molecule has 0 bridgehead atoms. The molecule has 4 heteroatoms. The molecule has 0 spiro atoms. The van der Waals surface area contributed by atoms with Gasteiger partial charge in [0.25, 0.3) is 5.91 Å². The Hall–Kier alpha value is -1.81. The number of carbonyl (C=O) groups is 1. The zero-order valence-electron chi connectivity index (χ0n) is 12.7. The van der Waals surface area contributed by atoms with Gasteiger partial charge in [0.15, 0.2) is 6.61 Å². The van der Waals surface area contributed by atoms with Crippen LogP contribution in [0.15, 0.2) is 30.9 Å². The Kier molecular flexibility index (Phi) is 5.81. The van der Waals surface area contributed by atoms with Gasteiger partial charge in [-0.3, -0.25) is 4.79 Å². The minimum absolute atomic E-state index is 0.0458. The fourth-order valence-electron chi connectivity index (χ4n) is 2.60. The largest absolute Gasteiger partial charge is 0.484 e. The standard InChI is InChI=1S/C17H24N2O2/c1-3-9-18-16-8-5-13-11-14(6-7-15(13)16)21-12-17(20)19-10-4-2/h4,6-7,11,16,18H,2-3,5,8-10,12H2,1H3,(H,19,20). The highest BCUT2D eigenvalue weighted by Gasteiger charge is 2.22. The number of hydrogen-bond acceptors (Lipinski definition) is 3. The third-order valence-corrected chi connectivity index (χ3v) is 3.65. The van der Waals surface area contributed by atoms with Crippen LogP contribution < -0.4 is 15.4 Å². The van der Waals surface area contributed by atoms with E-state index in [2.05, 4.69) is 36.3 Å². The van der Waals surface area contributed by atoms with Gasteiger partial charge >= 0.3 is 0 Å². The summed E-state index contributed by atoms with van der Waals surface area (Å²) in [5, 5.41) is 6.26. The number of benzene rings is 1. The Morgan fingerprint density at radius 3 is 3.14 bits per heavy atom. The molecular formula is C17H24N2O2. The molecule has 1 aliphatic carbocycles. The molecule has 0 aromatic heterocycles. The van der Waals surface area contributed by atoms with E-state index in [-0.39, 0.29) is 12.5 Å². The van der Waals surface area contributed by atoms with Gasteiger partial charge in [-0.25, -0.2) is 0 Å². The van der Waals surface area contributed by atoms with Gasteiger partial charge in [0.2, 0.25) is 0 Å². The lowest BCUT2D eigenvalue weighted by molar-refractivity contribution is -0.122. The SMILES string of the molecule is C=CCNC(=O)COc1ccc2c(c1)CCC2NCCC. The third-order valence-electron chi connectivity index (χ3n) is 3.65. The van der Waals surface area contributed by atoms with Crippen molar-refractivity contribution >= 4 is 5.91 Å². The molecule has 0 radical (unpaired) electrons. The van der Waals surface area contributed by atoms with E-state index in [1.807, 2.05) is 6.07 Å². The van der Waals surface area contributed by atoms with Crippen molar-refractivity contribution in [3.63, 3.8) is 0 Å². The molecule has 0 aliphatic heterocycles. The summed E-state index contributed by atoms with van der Waals surface area (Å²) in [6.45, 7) is 7.30. The van der Waals surface area contributed by atoms with Gasteiger partial charge in [-0.1, -0.05) is 19.1 Å². The Bertz CT molecular complexity index is 500. The van der Waals surface area contributed by atoms with Crippen LogP contribution in [0.2, 0.25) is 0 Å². The number of amides is 1. The summed E-state index contributed by atoms with van der Waals surface area (Å²) in [4.78, 5) is 11.5. The van der Waals surface area contributed by atoms with Gasteiger partial charge in [-0.2, -0.15) is 0 Å². The smallest absolute Gasteiger partial charge is 0.258 e. The maximum atomic E-state index is 11.5. The van der Waals surface area contributed by atoms with Crippen LogP contribution in [0.3, 0.4) is 0 Å². The zero-order valence-corrected chi connectivity index (χ0v) is 12.7. The summed E-state index contributed by atoms with van der Waals surface area (Å²) in [6, 6.07) is 6.59. The van der Waals surface area contributed by atoms with Crippen molar-refractivity contribution in [2.45, 2.75) is 32.2 Å². The van der Waals surface area contributed by atoms with E-state index in [1.54, 1.807) is 6.08 Å². The van der Waals surface area contributed by atoms with E-state index in [0.717, 1.165) is 31.6 Å². The summed E-state index contributed by atoms with van der Waals surface area (Å²) >= 11 is 0. The van der Waals surface area contributed by atoms with Gasteiger partial charge in [0.05, 0.1) is 0 Å². The molecule has 0 fully saturated rings. The third kappa shape index (κ3) is 4.33. The van der Waals surface area contributed by atoms with E-state index >= 15 is 0 Å². The molecule has 1 aliphatic rings. The second-order valence-corrected chi connectivity index (χ2v) is 5.29. The van der Waals surface area contributed by atoms with Crippen molar-refractivity contribution in [1.82, 2.24) is 10.6 Å². The Morgan fingerprint density at radius 1 is 1.52 bits per heavy atom. The van der Waals surface area contributed by atoms with Crippen LogP contribution in [-0.4, -0.2) is 25.6 Å². The first-order chi connectivity index (χ1) is 10.2. The van der Waals surface area contributed by atoms with Gasteiger partial charge in [0, 0.05) is 12.6 Å². The van der Waals surface area contributed by atoms with E-state index in [9.17, 15) is 4.79 Å². The highest BCUT2D eigenvalue weighted by atomic mass is 16.5. The second-order valence-electron chi connectivity index (χ2n) is 5.29. The first kappa shape index (κ1) is 15.6. The van der Waals surface area contributed by atoms with E-state index in [0.29, 0.717) is 12.6 Å². The fraction of sp³-hybridized carbons (Fsp3) is 0.471. The molecule has 21 heavy (non-hydrogen) atoms. The quantitative estimate of drug-likeness (QED) is 0.722. The number of fused-ring (bicyclic) bond motifs is 1. The normalized spacial score (nSPS) is 16.3. The lowest BCUT2D eigenvalue weighted by atomic mass is 10.1. The zero-order chi connectivity index (χ0) is 15.1. The molecule has 1 atom stereocenters. The minimum atomic E-state index is -0.127. The van der Waals surface area contributed by atoms with E-state index in [4.69, 9.17) is 4.74 Å². The van der Waals surface area contributed by atoms with E-state index in [1.165, 1.54) is 11.1 Å². The summed E-state index contributed by atoms with van der Waals surface area (Å²) < 4.78 is 5.54. The van der Waals surface area contributed by atoms with Crippen molar-refractivity contribution in [1.29, 1.82) is 0 Å². The molecule has 0 heterocycles. The molecular weight excluding hydrogens is 264 g/mol. The average molecular weight is 288 g/mol. The molecule has 2 rings (SSSR count). The Morgan fingerprint density at radius 2 is 2.38 bits per heavy atom. The molecule has 0 saturated carbocycles. The van der Waals surface area contributed by atoms with Crippen molar-refractivity contribution in [2.75, 3.05) is 19.7 Å². The van der Waals surface area contributed by atoms with Crippen LogP contribution in [0, 0.1) is 0 Å². The minimum Gasteiger partial charge on any atom is -0.484 e. The molecule has 0 saturated heterocycles. The number of aryl methyl sites for hydroxylation is 1. The molecule has 1 unspecified atom stereocenters. The summed E-state index contributed by atoms with van der Waals surface area (Å²) in [7, 11) is 0. The summed E-state index contributed by atoms with van der Waals surface area (Å²) in [6.07, 6.45) is 5.00. The average Bonchev–Trinajstić information content (AvgIpc) is 2.91. The molecule has 114 valence electrons. The fourth-order valence-corrected chi connectivity index (χ4v) is 2.60. The number of ether oxygens (including phenoxy) is 1. The number of carbonyl (C=O) groups excluding carboxylic acids is 1. The Labute approximate surface area is 126 Å². The molecule has 4 nitrogen and oxygen atoms in total. The van der Waals surface area contributed by atoms with Crippen LogP contribution in [0.5, 0.6) is 5.75 Å². The Balaban J connectivity index is 1.90. The van der Waals surface area contributed by atoms with Crippen molar-refractivity contribution < 1.29 is 9.53 Å². The van der Waals surface area contributed by atoms with Gasteiger partial charge in [-0.15, -0.1) is 6.58 Å². The number of rotatable bonds is 8. The van der Waals surface area contributed by atoms with Crippen molar-refractivity contribution in [2.24, 2.45) is 0 Å². The summed E-state index contributed by atoms with van der Waals surface area (Å²) in [5.41, 5.74) is 2.69. The monoisotopic (exact) mass is 288 g/mol. The van der Waals surface area contributed by atoms with Gasteiger partial charge in [-0.05, 0) is 49.1 Å². The maximum absolute atomic E-state index is 11.5. The molecule has 1 aromatic carbocycles. The van der Waals surface area contributed by atoms with Crippen LogP contribution in [0.1, 0.15) is 36.9 Å². The van der Waals surface area contributed by atoms with Crippen LogP contribution in [-0.2, 0) is 11.2 Å². The van der Waals surface area contributed by atoms with Crippen LogP contribution in [0.25, 0.3) is 0 Å². The van der Waals surface area contributed by atoms with E-state index < -0.39 is 0 Å². The lowest BCUT2D eigenvalue weighted by Crippen LogP contribution is -2.28. The maximum Gasteiger partial charge on any atom is 0.258 e. The highest BCUT2D eigenvalue weighted by molar-refractivity contribution is 5.77. The molecule has 1 aromatic rings. The molecule has 1 amide bonds. The van der Waals surface area contributed by atoms with Gasteiger partial charge in [0.1, 0.15) is 5.75 Å². The van der Waals surface area contributed by atoms with Gasteiger partial charge < -0.3 is 15.4 Å². The summed E-state index contributed by atoms with van der Waals surface area (Å²) in [5.74, 6) is 0.636. The van der Waals surface area contributed by atoms with Crippen molar-refractivity contribution in [3.05, 3.63) is 42.0 Å². The van der Waals surface area contributed by atoms with Crippen LogP contribution >= 0.6 is 0 Å². The first-order valence-corrected chi connectivity index (χ1v) is 7.61. The predicted molar refractivity (Wildman–Crippen MR) is 84.5 cm³/mol. The predicted octanol–water partition coefficient (Wildman–Crippen LogP) is 2.35. The highest BCUT2D eigenvalue weighted by Crippen LogP contribution is 2.33.